The molecule has 11 heteroatoms. The van der Waals surface area contributed by atoms with Crippen molar-refractivity contribution in [2.45, 2.75) is 18.6 Å². The molecule has 1 aromatic carbocycles. The molecular formula is C21H18F4N6O. The summed E-state index contributed by atoms with van der Waals surface area (Å²) in [6.45, 7) is 0.687. The molecule has 0 spiro atoms. The van der Waals surface area contributed by atoms with Crippen molar-refractivity contribution in [3.8, 4) is 11.4 Å². The van der Waals surface area contributed by atoms with Gasteiger partial charge in [0.05, 0.1) is 0 Å². The minimum atomic E-state index is -4.63. The second kappa shape index (κ2) is 8.77. The summed E-state index contributed by atoms with van der Waals surface area (Å²) >= 11 is 0. The maximum absolute atomic E-state index is 13.4. The first kappa shape index (κ1) is 21.5. The topological polar surface area (TPSA) is 83.0 Å². The van der Waals surface area contributed by atoms with Crippen LogP contribution in [0.5, 0.6) is 0 Å². The van der Waals surface area contributed by atoms with E-state index in [0.29, 0.717) is 24.2 Å². The zero-order valence-corrected chi connectivity index (χ0v) is 16.6. The van der Waals surface area contributed by atoms with Crippen LogP contribution < -0.4 is 15.5 Å². The monoisotopic (exact) mass is 446 g/mol. The number of hydrogen-bond donors (Lipinski definition) is 2. The van der Waals surface area contributed by atoms with Crippen LogP contribution in [0.15, 0.2) is 54.9 Å². The van der Waals surface area contributed by atoms with E-state index in [1.165, 1.54) is 48.8 Å². The molecule has 0 saturated carbocycles. The van der Waals surface area contributed by atoms with Crippen molar-refractivity contribution in [2.24, 2.45) is 0 Å². The average molecular weight is 446 g/mol. The number of pyridine rings is 1. The Balaban J connectivity index is 1.48. The quantitative estimate of drug-likeness (QED) is 0.590. The van der Waals surface area contributed by atoms with Crippen molar-refractivity contribution in [2.75, 3.05) is 23.3 Å². The van der Waals surface area contributed by atoms with Crippen LogP contribution in [0.4, 0.5) is 33.9 Å². The molecule has 1 fully saturated rings. The van der Waals surface area contributed by atoms with Crippen molar-refractivity contribution < 1.29 is 22.4 Å². The molecule has 7 nitrogen and oxygen atoms in total. The molecule has 32 heavy (non-hydrogen) atoms. The van der Waals surface area contributed by atoms with Gasteiger partial charge in [-0.05, 0) is 42.8 Å². The van der Waals surface area contributed by atoms with Crippen LogP contribution in [0.3, 0.4) is 0 Å². The maximum atomic E-state index is 13.4. The Morgan fingerprint density at radius 3 is 2.47 bits per heavy atom. The number of nitrogens with one attached hydrogen (secondary N) is 2. The molecule has 2 N–H and O–H groups in total. The van der Waals surface area contributed by atoms with Crippen LogP contribution in [0, 0.1) is 5.82 Å². The second-order valence-corrected chi connectivity index (χ2v) is 7.21. The van der Waals surface area contributed by atoms with Crippen molar-refractivity contribution in [1.82, 2.24) is 20.3 Å². The van der Waals surface area contributed by atoms with Gasteiger partial charge in [-0.2, -0.15) is 13.2 Å². The molecule has 0 radical (unpaired) electrons. The number of halogens is 4. The van der Waals surface area contributed by atoms with Gasteiger partial charge in [0.2, 0.25) is 0 Å². The number of rotatable bonds is 4. The van der Waals surface area contributed by atoms with Gasteiger partial charge in [-0.3, -0.25) is 4.98 Å². The van der Waals surface area contributed by atoms with Gasteiger partial charge in [0.25, 0.3) is 0 Å². The first-order valence-electron chi connectivity index (χ1n) is 9.72. The number of alkyl halides is 3. The Morgan fingerprint density at radius 2 is 1.78 bits per heavy atom. The lowest BCUT2D eigenvalue weighted by molar-refractivity contribution is -0.141. The van der Waals surface area contributed by atoms with E-state index >= 15 is 0 Å². The van der Waals surface area contributed by atoms with Crippen molar-refractivity contribution in [3.63, 3.8) is 0 Å². The van der Waals surface area contributed by atoms with Gasteiger partial charge < -0.3 is 15.5 Å². The lowest BCUT2D eigenvalue weighted by atomic mass is 10.2. The molecule has 1 saturated heterocycles. The largest absolute Gasteiger partial charge is 0.433 e. The Kier molecular flexibility index (Phi) is 5.89. The number of hydrogen-bond acceptors (Lipinski definition) is 5. The van der Waals surface area contributed by atoms with Crippen LogP contribution in [-0.2, 0) is 6.18 Å². The smallest absolute Gasteiger partial charge is 0.354 e. The highest BCUT2D eigenvalue weighted by Crippen LogP contribution is 2.32. The van der Waals surface area contributed by atoms with Gasteiger partial charge in [-0.15, -0.1) is 0 Å². The van der Waals surface area contributed by atoms with Crippen LogP contribution in [0.2, 0.25) is 0 Å². The molecule has 0 aliphatic carbocycles. The molecule has 2 amide bonds. The van der Waals surface area contributed by atoms with E-state index in [1.54, 1.807) is 4.90 Å². The summed E-state index contributed by atoms with van der Waals surface area (Å²) in [5.74, 6) is -0.346. The van der Waals surface area contributed by atoms with Crippen LogP contribution >= 0.6 is 0 Å². The van der Waals surface area contributed by atoms with Crippen molar-refractivity contribution >= 4 is 17.5 Å². The standard InChI is InChI=1S/C21H18F4N6O/c22-14-1-3-15(4-2-14)27-20(32)28-16-7-10-31(12-16)18-11-17(21(23,24)25)29-19(30-18)13-5-8-26-9-6-13/h1-6,8-9,11,16H,7,10,12H2,(H2,27,28,32). The summed E-state index contributed by atoms with van der Waals surface area (Å²) in [6.07, 6.45) is -1.21. The van der Waals surface area contributed by atoms with Crippen LogP contribution in [0.1, 0.15) is 12.1 Å². The van der Waals surface area contributed by atoms with Gasteiger partial charge in [0.15, 0.2) is 11.5 Å². The summed E-state index contributed by atoms with van der Waals surface area (Å²) in [7, 11) is 0. The van der Waals surface area contributed by atoms with E-state index in [-0.39, 0.29) is 24.2 Å². The molecule has 1 atom stereocenters. The second-order valence-electron chi connectivity index (χ2n) is 7.21. The zero-order chi connectivity index (χ0) is 22.7. The van der Waals surface area contributed by atoms with Gasteiger partial charge >= 0.3 is 12.2 Å². The fourth-order valence-electron chi connectivity index (χ4n) is 3.34. The van der Waals surface area contributed by atoms with Gasteiger partial charge in [-0.25, -0.2) is 19.2 Å². The van der Waals surface area contributed by atoms with Gasteiger partial charge in [0.1, 0.15) is 11.6 Å². The fourth-order valence-corrected chi connectivity index (χ4v) is 3.34. The third-order valence-corrected chi connectivity index (χ3v) is 4.89. The van der Waals surface area contributed by atoms with Crippen LogP contribution in [-0.4, -0.2) is 40.1 Å². The Hall–Kier alpha value is -3.76. The number of nitrogens with zero attached hydrogens (tertiary/aromatic N) is 4. The molecule has 3 heterocycles. The number of anilines is 2. The summed E-state index contributed by atoms with van der Waals surface area (Å²) in [5.41, 5.74) is -0.203. The maximum Gasteiger partial charge on any atom is 0.433 e. The zero-order valence-electron chi connectivity index (χ0n) is 16.6. The normalized spacial score (nSPS) is 16.1. The fraction of sp³-hybridized carbons (Fsp3) is 0.238. The van der Waals surface area contributed by atoms with E-state index in [9.17, 15) is 22.4 Å². The first-order chi connectivity index (χ1) is 15.3. The third-order valence-electron chi connectivity index (χ3n) is 4.89. The van der Waals surface area contributed by atoms with E-state index in [2.05, 4.69) is 25.6 Å². The Bertz CT molecular complexity index is 1090. The average Bonchev–Trinajstić information content (AvgIpc) is 3.23. The Labute approximate surface area is 180 Å². The number of urea groups is 1. The summed E-state index contributed by atoms with van der Waals surface area (Å²) in [4.78, 5) is 25.7. The SMILES string of the molecule is O=C(Nc1ccc(F)cc1)NC1CCN(c2cc(C(F)(F)F)nc(-c3ccncc3)n2)C1. The molecule has 1 unspecified atom stereocenters. The highest BCUT2D eigenvalue weighted by molar-refractivity contribution is 5.89. The lowest BCUT2D eigenvalue weighted by Crippen LogP contribution is -2.39. The van der Waals surface area contributed by atoms with Crippen molar-refractivity contribution in [1.29, 1.82) is 0 Å². The lowest BCUT2D eigenvalue weighted by Gasteiger charge is -2.20. The van der Waals surface area contributed by atoms with Crippen LogP contribution in [0.25, 0.3) is 11.4 Å². The molecule has 1 aliphatic heterocycles. The van der Waals surface area contributed by atoms with E-state index in [1.807, 2.05) is 0 Å². The molecule has 3 aromatic rings. The van der Waals surface area contributed by atoms with Crippen molar-refractivity contribution in [3.05, 3.63) is 66.4 Å². The molecular weight excluding hydrogens is 428 g/mol. The number of benzene rings is 1. The predicted molar refractivity (Wildman–Crippen MR) is 109 cm³/mol. The van der Waals surface area contributed by atoms with E-state index in [0.717, 1.165) is 6.07 Å². The highest BCUT2D eigenvalue weighted by atomic mass is 19.4. The summed E-state index contributed by atoms with van der Waals surface area (Å²) in [6, 6.07) is 8.49. The third kappa shape index (κ3) is 5.10. The van der Waals surface area contributed by atoms with Gasteiger partial charge in [0, 0.05) is 48.8 Å². The molecule has 0 bridgehead atoms. The first-order valence-corrected chi connectivity index (χ1v) is 9.72. The minimum absolute atomic E-state index is 0.0531. The number of amides is 2. The number of carbonyl (C=O) groups excluding carboxylic acids is 1. The Morgan fingerprint density at radius 1 is 1.06 bits per heavy atom. The molecule has 1 aliphatic rings. The van der Waals surface area contributed by atoms with E-state index in [4.69, 9.17) is 0 Å². The highest BCUT2D eigenvalue weighted by Gasteiger charge is 2.35. The number of carbonyl (C=O) groups is 1. The van der Waals surface area contributed by atoms with E-state index < -0.39 is 23.7 Å². The summed E-state index contributed by atoms with van der Waals surface area (Å²) < 4.78 is 53.2. The number of aromatic nitrogens is 3. The molecule has 4 rings (SSSR count). The summed E-state index contributed by atoms with van der Waals surface area (Å²) in [5, 5.41) is 5.37. The predicted octanol–water partition coefficient (Wildman–Crippen LogP) is 4.10. The minimum Gasteiger partial charge on any atom is -0.354 e. The molecule has 166 valence electrons. The molecule has 2 aromatic heterocycles. The van der Waals surface area contributed by atoms with Gasteiger partial charge in [-0.1, -0.05) is 0 Å².